The first-order valence-electron chi connectivity index (χ1n) is 4.98. The molecule has 1 heterocycles. The monoisotopic (exact) mass is 242 g/mol. The van der Waals surface area contributed by atoms with Gasteiger partial charge in [0.1, 0.15) is 5.76 Å². The van der Waals surface area contributed by atoms with Crippen LogP contribution in [-0.2, 0) is 0 Å². The molecule has 90 valence electrons. The first-order valence-corrected chi connectivity index (χ1v) is 4.98. The molecule has 0 amide bonds. The molecule has 0 radical (unpaired) electrons. The minimum Gasteiger partial charge on any atom is -0.511 e. The molecule has 3 N–H and O–H groups in total. The van der Waals surface area contributed by atoms with Gasteiger partial charge in [0.15, 0.2) is 0 Å². The van der Waals surface area contributed by atoms with Crippen LogP contribution in [0, 0.1) is 5.41 Å². The Morgan fingerprint density at radius 3 is 2.50 bits per heavy atom. The Labute approximate surface area is 103 Å². The van der Waals surface area contributed by atoms with Crippen molar-refractivity contribution in [2.75, 3.05) is 0 Å². The van der Waals surface area contributed by atoms with Crippen LogP contribution in [0.4, 0.5) is 0 Å². The van der Waals surface area contributed by atoms with Gasteiger partial charge in [0.2, 0.25) is 0 Å². The second-order valence-corrected chi connectivity index (χ2v) is 4.67. The minimum atomic E-state index is -0.375. The van der Waals surface area contributed by atoms with Crippen LogP contribution in [0.5, 0.6) is 0 Å². The standard InChI is InChI=1S/C12H18N2O.ClH/c1-12(2,3)11(13)10(15)8-9-6-4-5-7-14-9;/h4-8,11,15H,13H2,1-3H3;1H/b10-8-;. The maximum Gasteiger partial charge on any atom is 0.112 e. The normalized spacial score (nSPS) is 14.1. The van der Waals surface area contributed by atoms with Crippen molar-refractivity contribution in [2.45, 2.75) is 26.8 Å². The van der Waals surface area contributed by atoms with Crippen molar-refractivity contribution in [3.8, 4) is 0 Å². The highest BCUT2D eigenvalue weighted by atomic mass is 35.5. The molecule has 4 heteroatoms. The molecule has 16 heavy (non-hydrogen) atoms. The summed E-state index contributed by atoms with van der Waals surface area (Å²) in [6.07, 6.45) is 3.29. The predicted molar refractivity (Wildman–Crippen MR) is 69.5 cm³/mol. The number of aromatic nitrogens is 1. The summed E-state index contributed by atoms with van der Waals surface area (Å²) in [6, 6.07) is 5.15. The predicted octanol–water partition coefficient (Wildman–Crippen LogP) is 2.78. The average molecular weight is 243 g/mol. The van der Waals surface area contributed by atoms with Crippen LogP contribution in [0.1, 0.15) is 26.5 Å². The highest BCUT2D eigenvalue weighted by molar-refractivity contribution is 5.85. The molecule has 0 fully saturated rings. The SMILES string of the molecule is CC(C)(C)C(N)/C(O)=C/c1ccccn1.Cl. The van der Waals surface area contributed by atoms with E-state index in [0.717, 1.165) is 5.69 Å². The van der Waals surface area contributed by atoms with Crippen molar-refractivity contribution in [3.63, 3.8) is 0 Å². The summed E-state index contributed by atoms with van der Waals surface area (Å²) in [5.41, 5.74) is 6.46. The Bertz CT molecular complexity index is 344. The summed E-state index contributed by atoms with van der Waals surface area (Å²) in [6.45, 7) is 5.96. The highest BCUT2D eigenvalue weighted by Crippen LogP contribution is 2.22. The minimum absolute atomic E-state index is 0. The third-order valence-electron chi connectivity index (χ3n) is 2.24. The van der Waals surface area contributed by atoms with Crippen molar-refractivity contribution in [1.29, 1.82) is 0 Å². The average Bonchev–Trinajstić information content (AvgIpc) is 2.16. The number of nitrogens with two attached hydrogens (primary N) is 1. The molecular formula is C12H19ClN2O. The van der Waals surface area contributed by atoms with Gasteiger partial charge in [-0.25, -0.2) is 0 Å². The van der Waals surface area contributed by atoms with Crippen LogP contribution in [0.2, 0.25) is 0 Å². The zero-order valence-electron chi connectivity index (χ0n) is 9.84. The molecule has 1 atom stereocenters. The van der Waals surface area contributed by atoms with Crippen molar-refractivity contribution in [1.82, 2.24) is 4.98 Å². The summed E-state index contributed by atoms with van der Waals surface area (Å²) in [7, 11) is 0. The largest absolute Gasteiger partial charge is 0.511 e. The van der Waals surface area contributed by atoms with Crippen LogP contribution in [0.25, 0.3) is 6.08 Å². The van der Waals surface area contributed by atoms with E-state index in [9.17, 15) is 5.11 Å². The molecule has 3 nitrogen and oxygen atoms in total. The van der Waals surface area contributed by atoms with E-state index in [1.807, 2.05) is 39.0 Å². The molecule has 0 aliphatic carbocycles. The molecule has 1 aromatic heterocycles. The molecule has 0 bridgehead atoms. The van der Waals surface area contributed by atoms with Gasteiger partial charge < -0.3 is 10.8 Å². The lowest BCUT2D eigenvalue weighted by molar-refractivity contribution is 0.266. The van der Waals surface area contributed by atoms with E-state index in [0.29, 0.717) is 0 Å². The van der Waals surface area contributed by atoms with Crippen LogP contribution >= 0.6 is 12.4 Å². The van der Waals surface area contributed by atoms with Gasteiger partial charge in [-0.05, 0) is 17.5 Å². The van der Waals surface area contributed by atoms with E-state index in [1.54, 1.807) is 12.3 Å². The summed E-state index contributed by atoms with van der Waals surface area (Å²) in [5, 5.41) is 9.80. The van der Waals surface area contributed by atoms with Gasteiger partial charge in [-0.2, -0.15) is 0 Å². The van der Waals surface area contributed by atoms with Crippen LogP contribution < -0.4 is 5.73 Å². The van der Waals surface area contributed by atoms with Gasteiger partial charge >= 0.3 is 0 Å². The molecule has 0 saturated carbocycles. The Morgan fingerprint density at radius 1 is 1.44 bits per heavy atom. The molecule has 0 aliphatic heterocycles. The quantitative estimate of drug-likeness (QED) is 0.784. The number of nitrogens with zero attached hydrogens (tertiary/aromatic N) is 1. The van der Waals surface area contributed by atoms with Crippen LogP contribution in [0.15, 0.2) is 30.2 Å². The van der Waals surface area contributed by atoms with E-state index in [1.165, 1.54) is 0 Å². The maximum absolute atomic E-state index is 9.80. The molecule has 1 unspecified atom stereocenters. The third-order valence-corrected chi connectivity index (χ3v) is 2.24. The lowest BCUT2D eigenvalue weighted by atomic mass is 9.86. The molecule has 1 aromatic rings. The second-order valence-electron chi connectivity index (χ2n) is 4.67. The van der Waals surface area contributed by atoms with E-state index >= 15 is 0 Å². The van der Waals surface area contributed by atoms with E-state index in [4.69, 9.17) is 5.73 Å². The van der Waals surface area contributed by atoms with Crippen molar-refractivity contribution >= 4 is 18.5 Å². The Kier molecular flexibility index (Phi) is 5.48. The van der Waals surface area contributed by atoms with Crippen LogP contribution in [-0.4, -0.2) is 16.1 Å². The number of rotatable bonds is 2. The van der Waals surface area contributed by atoms with Gasteiger partial charge in [0.05, 0.1) is 11.7 Å². The fourth-order valence-corrected chi connectivity index (χ4v) is 1.15. The molecule has 0 spiro atoms. The molecule has 1 rings (SSSR count). The van der Waals surface area contributed by atoms with Gasteiger partial charge in [-0.3, -0.25) is 4.98 Å². The first kappa shape index (κ1) is 14.9. The topological polar surface area (TPSA) is 59.1 Å². The zero-order chi connectivity index (χ0) is 11.5. The Morgan fingerprint density at radius 2 is 2.06 bits per heavy atom. The highest BCUT2D eigenvalue weighted by Gasteiger charge is 2.23. The van der Waals surface area contributed by atoms with Gasteiger partial charge in [0, 0.05) is 12.3 Å². The van der Waals surface area contributed by atoms with E-state index in [2.05, 4.69) is 4.98 Å². The number of hydrogen-bond acceptors (Lipinski definition) is 3. The summed E-state index contributed by atoms with van der Waals surface area (Å²) >= 11 is 0. The van der Waals surface area contributed by atoms with Gasteiger partial charge in [-0.1, -0.05) is 26.8 Å². The van der Waals surface area contributed by atoms with Crippen molar-refractivity contribution < 1.29 is 5.11 Å². The fraction of sp³-hybridized carbons (Fsp3) is 0.417. The Balaban J connectivity index is 0.00000225. The molecular weight excluding hydrogens is 224 g/mol. The summed E-state index contributed by atoms with van der Waals surface area (Å²) in [5.74, 6) is 0.168. The summed E-state index contributed by atoms with van der Waals surface area (Å²) in [4.78, 5) is 4.09. The second kappa shape index (κ2) is 5.87. The maximum atomic E-state index is 9.80. The lowest BCUT2D eigenvalue weighted by Gasteiger charge is -2.26. The lowest BCUT2D eigenvalue weighted by Crippen LogP contribution is -2.36. The van der Waals surface area contributed by atoms with Crippen molar-refractivity contribution in [2.24, 2.45) is 11.1 Å². The smallest absolute Gasteiger partial charge is 0.112 e. The number of aliphatic hydroxyl groups is 1. The van der Waals surface area contributed by atoms with E-state index in [-0.39, 0.29) is 29.6 Å². The van der Waals surface area contributed by atoms with Gasteiger partial charge in [0.25, 0.3) is 0 Å². The summed E-state index contributed by atoms with van der Waals surface area (Å²) < 4.78 is 0. The fourth-order valence-electron chi connectivity index (χ4n) is 1.15. The number of hydrogen-bond donors (Lipinski definition) is 2. The number of aliphatic hydroxyl groups excluding tert-OH is 1. The van der Waals surface area contributed by atoms with Gasteiger partial charge in [-0.15, -0.1) is 12.4 Å². The van der Waals surface area contributed by atoms with E-state index < -0.39 is 0 Å². The number of halogens is 1. The first-order chi connectivity index (χ1) is 6.91. The molecule has 0 aromatic carbocycles. The van der Waals surface area contributed by atoms with Crippen LogP contribution in [0.3, 0.4) is 0 Å². The zero-order valence-corrected chi connectivity index (χ0v) is 10.7. The Hall–Kier alpha value is -1.06. The molecule has 0 saturated heterocycles. The third kappa shape index (κ3) is 4.21. The number of pyridine rings is 1. The van der Waals surface area contributed by atoms with Crippen molar-refractivity contribution in [3.05, 3.63) is 35.8 Å². The molecule has 0 aliphatic rings.